The first-order valence-corrected chi connectivity index (χ1v) is 11.0. The number of nitrogens with two attached hydrogens (primary N) is 1. The van der Waals surface area contributed by atoms with Crippen LogP contribution in [0.3, 0.4) is 0 Å². The Morgan fingerprint density at radius 2 is 1.38 bits per heavy atom. The lowest BCUT2D eigenvalue weighted by Crippen LogP contribution is -2.08. The molecule has 0 unspecified atom stereocenters. The highest BCUT2D eigenvalue weighted by Crippen LogP contribution is 2.36. The molecule has 0 saturated heterocycles. The summed E-state index contributed by atoms with van der Waals surface area (Å²) >= 11 is 0. The summed E-state index contributed by atoms with van der Waals surface area (Å²) in [5.74, 6) is 1.53. The van der Waals surface area contributed by atoms with Crippen molar-refractivity contribution < 1.29 is 14.2 Å². The topological polar surface area (TPSA) is 53.7 Å². The normalized spacial score (nSPS) is 10.7. The monoisotopic (exact) mass is 353 g/mol. The Labute approximate surface area is 149 Å². The van der Waals surface area contributed by atoms with Gasteiger partial charge in [0.1, 0.15) is 5.36 Å². The number of ether oxygens (including phenoxy) is 3. The zero-order valence-corrected chi connectivity index (χ0v) is 16.7. The van der Waals surface area contributed by atoms with Crippen molar-refractivity contribution in [3.63, 3.8) is 0 Å². The molecule has 0 aliphatic carbocycles. The van der Waals surface area contributed by atoms with Gasteiger partial charge in [-0.05, 0) is 25.1 Å². The van der Waals surface area contributed by atoms with E-state index in [1.54, 1.807) is 21.3 Å². The second kappa shape index (κ2) is 13.2. The number of unbranched alkanes of at least 4 members (excludes halogenated alkanes) is 8. The molecule has 2 N–H and O–H groups in total. The highest BCUT2D eigenvalue weighted by molar-refractivity contribution is 6.55. The second-order valence-electron chi connectivity index (χ2n) is 6.21. The van der Waals surface area contributed by atoms with Crippen molar-refractivity contribution in [1.29, 1.82) is 0 Å². The minimum Gasteiger partial charge on any atom is -0.498 e. The Morgan fingerprint density at radius 1 is 0.792 bits per heavy atom. The molecule has 5 heteroatoms. The lowest BCUT2D eigenvalue weighted by atomic mass is 10.1. The molecule has 0 aliphatic heterocycles. The summed E-state index contributed by atoms with van der Waals surface area (Å²) in [5.41, 5.74) is 7.77. The molecule has 138 valence electrons. The van der Waals surface area contributed by atoms with E-state index in [9.17, 15) is 0 Å². The standard InChI is InChI=1S/C19H35NO3Si/c1-21-17-13-16-24(19(23-3)18(17)22-2)15-12-10-8-6-4-5-7-9-11-14-20/h13,16H,4-12,14-15,20H2,1-3H3. The summed E-state index contributed by atoms with van der Waals surface area (Å²) in [4.78, 5) is 0. The molecule has 1 aromatic heterocycles. The molecule has 0 spiro atoms. The van der Waals surface area contributed by atoms with Crippen molar-refractivity contribution in [2.24, 2.45) is 5.73 Å². The lowest BCUT2D eigenvalue weighted by Gasteiger charge is -2.15. The van der Waals surface area contributed by atoms with E-state index < -0.39 is 8.40 Å². The third-order valence-electron chi connectivity index (χ3n) is 4.44. The first kappa shape index (κ1) is 21.0. The molecule has 0 atom stereocenters. The van der Waals surface area contributed by atoms with E-state index in [1.807, 2.05) is 6.07 Å². The maximum atomic E-state index is 5.62. The minimum atomic E-state index is -0.808. The Hall–Kier alpha value is -1.07. The van der Waals surface area contributed by atoms with Crippen molar-refractivity contribution in [3.8, 4) is 16.9 Å². The third kappa shape index (κ3) is 7.22. The number of aryl methyl sites for hydroxylation is 1. The number of rotatable bonds is 14. The molecule has 0 amide bonds. The van der Waals surface area contributed by atoms with Gasteiger partial charge >= 0.3 is 0 Å². The van der Waals surface area contributed by atoms with Gasteiger partial charge in [-0.15, -0.1) is 0 Å². The summed E-state index contributed by atoms with van der Waals surface area (Å²) in [7, 11) is 4.27. The SMILES string of the molecule is COc1cc[si](CCCCCCCCCCCN)c(OC)c1OC. The van der Waals surface area contributed by atoms with Gasteiger partial charge in [0.05, 0.1) is 29.7 Å². The van der Waals surface area contributed by atoms with Crippen molar-refractivity contribution in [1.82, 2.24) is 0 Å². The van der Waals surface area contributed by atoms with Crippen LogP contribution in [0.5, 0.6) is 16.9 Å². The maximum Gasteiger partial charge on any atom is 0.197 e. The zero-order valence-electron chi connectivity index (χ0n) is 15.7. The van der Waals surface area contributed by atoms with Gasteiger partial charge in [0.25, 0.3) is 0 Å². The first-order chi connectivity index (χ1) is 11.8. The van der Waals surface area contributed by atoms with Gasteiger partial charge in [-0.25, -0.2) is 0 Å². The average Bonchev–Trinajstić information content (AvgIpc) is 2.62. The second-order valence-corrected chi connectivity index (χ2v) is 8.55. The molecule has 0 saturated carbocycles. The highest BCUT2D eigenvalue weighted by Gasteiger charge is 2.15. The number of hydrogen-bond acceptors (Lipinski definition) is 4. The van der Waals surface area contributed by atoms with Gasteiger partial charge in [-0.1, -0.05) is 57.0 Å². The Balaban J connectivity index is 2.28. The fourth-order valence-corrected chi connectivity index (χ4v) is 5.36. The van der Waals surface area contributed by atoms with E-state index >= 15 is 0 Å². The molecule has 0 bridgehead atoms. The smallest absolute Gasteiger partial charge is 0.197 e. The molecule has 0 aromatic carbocycles. The van der Waals surface area contributed by atoms with Crippen molar-refractivity contribution >= 4 is 8.40 Å². The van der Waals surface area contributed by atoms with Crippen LogP contribution in [-0.2, 0) is 6.04 Å². The summed E-state index contributed by atoms with van der Waals surface area (Å²) in [5, 5.41) is 0.988. The van der Waals surface area contributed by atoms with E-state index in [4.69, 9.17) is 19.9 Å². The molecule has 1 rings (SSSR count). The highest BCUT2D eigenvalue weighted by atomic mass is 28.2. The van der Waals surface area contributed by atoms with Gasteiger partial charge in [0.2, 0.25) is 0 Å². The van der Waals surface area contributed by atoms with Crippen LogP contribution < -0.4 is 19.9 Å². The van der Waals surface area contributed by atoms with Crippen LogP contribution in [0.1, 0.15) is 57.8 Å². The molecule has 0 fully saturated rings. The largest absolute Gasteiger partial charge is 0.498 e. The van der Waals surface area contributed by atoms with Crippen LogP contribution in [0.25, 0.3) is 0 Å². The van der Waals surface area contributed by atoms with E-state index in [0.717, 1.165) is 23.4 Å². The van der Waals surface area contributed by atoms with E-state index in [2.05, 4.69) is 5.68 Å². The fraction of sp³-hybridized carbons (Fsp3) is 0.737. The average molecular weight is 354 g/mol. The molecule has 0 aliphatic rings. The van der Waals surface area contributed by atoms with Crippen molar-refractivity contribution in [2.75, 3.05) is 27.9 Å². The quantitative estimate of drug-likeness (QED) is 0.402. The zero-order chi connectivity index (χ0) is 17.6. The van der Waals surface area contributed by atoms with Crippen LogP contribution in [0.15, 0.2) is 11.7 Å². The van der Waals surface area contributed by atoms with E-state index in [1.165, 1.54) is 63.8 Å². The summed E-state index contributed by atoms with van der Waals surface area (Å²) < 4.78 is 16.5. The van der Waals surface area contributed by atoms with Crippen LogP contribution in [0.4, 0.5) is 0 Å². The molecular formula is C19H35NO3Si. The van der Waals surface area contributed by atoms with Crippen LogP contribution in [0, 0.1) is 0 Å². The van der Waals surface area contributed by atoms with Gasteiger partial charge < -0.3 is 19.9 Å². The van der Waals surface area contributed by atoms with E-state index in [0.29, 0.717) is 0 Å². The van der Waals surface area contributed by atoms with Gasteiger partial charge in [-0.3, -0.25) is 0 Å². The predicted octanol–water partition coefficient (Wildman–Crippen LogP) is 4.21. The molecule has 1 heterocycles. The van der Waals surface area contributed by atoms with Crippen LogP contribution in [-0.4, -0.2) is 36.3 Å². The summed E-state index contributed by atoms with van der Waals surface area (Å²) in [6, 6.07) is 3.24. The minimum absolute atomic E-state index is 0.762. The van der Waals surface area contributed by atoms with Gasteiger partial charge in [0, 0.05) is 0 Å². The molecule has 4 nitrogen and oxygen atoms in total. The molecule has 0 radical (unpaired) electrons. The molecule has 1 aromatic rings. The Morgan fingerprint density at radius 3 is 1.88 bits per heavy atom. The third-order valence-corrected chi connectivity index (χ3v) is 6.91. The summed E-state index contributed by atoms with van der Waals surface area (Å²) in [6.07, 6.45) is 11.8. The van der Waals surface area contributed by atoms with Crippen molar-refractivity contribution in [3.05, 3.63) is 11.7 Å². The van der Waals surface area contributed by atoms with Crippen molar-refractivity contribution in [2.45, 2.75) is 63.8 Å². The Kier molecular flexibility index (Phi) is 11.6. The maximum absolute atomic E-state index is 5.62. The van der Waals surface area contributed by atoms with Crippen LogP contribution >= 0.6 is 0 Å². The van der Waals surface area contributed by atoms with Crippen LogP contribution in [0.2, 0.25) is 0 Å². The molecule has 24 heavy (non-hydrogen) atoms. The predicted molar refractivity (Wildman–Crippen MR) is 103 cm³/mol. The lowest BCUT2D eigenvalue weighted by molar-refractivity contribution is 0.328. The number of hydrogen-bond donors (Lipinski definition) is 1. The Bertz CT molecular complexity index is 454. The molecular weight excluding hydrogens is 318 g/mol. The first-order valence-electron chi connectivity index (χ1n) is 9.26. The van der Waals surface area contributed by atoms with Gasteiger partial charge in [0.15, 0.2) is 11.5 Å². The summed E-state index contributed by atoms with van der Waals surface area (Å²) in [6.45, 7) is 0.838. The van der Waals surface area contributed by atoms with Gasteiger partial charge in [-0.2, -0.15) is 0 Å². The number of methoxy groups -OCH3 is 3. The van der Waals surface area contributed by atoms with E-state index in [-0.39, 0.29) is 0 Å². The fourth-order valence-electron chi connectivity index (χ4n) is 3.06.